The summed E-state index contributed by atoms with van der Waals surface area (Å²) < 4.78 is 56.5. The van der Waals surface area contributed by atoms with Crippen molar-refractivity contribution in [1.82, 2.24) is 44.2 Å². The number of nitrogens with one attached hydrogen (secondary N) is 1. The summed E-state index contributed by atoms with van der Waals surface area (Å²) in [4.78, 5) is 41.8. The van der Waals surface area contributed by atoms with Crippen LogP contribution in [0.3, 0.4) is 0 Å². The first-order valence-electron chi connectivity index (χ1n) is 17.9. The Morgan fingerprint density at radius 3 is 2.65 bits per heavy atom. The van der Waals surface area contributed by atoms with Crippen LogP contribution < -0.4 is 19.7 Å². The van der Waals surface area contributed by atoms with Gasteiger partial charge < -0.3 is 38.6 Å². The van der Waals surface area contributed by atoms with E-state index in [9.17, 15) is 9.18 Å². The number of carbonyl (C=O) groups excluding carboxylic acids is 1. The molecule has 1 saturated heterocycles. The van der Waals surface area contributed by atoms with Crippen LogP contribution in [0.1, 0.15) is 12.2 Å². The highest BCUT2D eigenvalue weighted by Gasteiger charge is 2.41. The minimum atomic E-state index is -0.703. The molecule has 3 aliphatic heterocycles. The van der Waals surface area contributed by atoms with Crippen LogP contribution in [0.15, 0.2) is 48.8 Å². The van der Waals surface area contributed by atoms with E-state index in [-0.39, 0.29) is 56.7 Å². The lowest BCUT2D eigenvalue weighted by Crippen LogP contribution is -2.47. The van der Waals surface area contributed by atoms with Gasteiger partial charge in [0.2, 0.25) is 11.9 Å². The third-order valence-electron chi connectivity index (χ3n) is 10.2. The molecule has 3 aliphatic rings. The Labute approximate surface area is 313 Å². The van der Waals surface area contributed by atoms with Crippen molar-refractivity contribution in [2.24, 2.45) is 0 Å². The standard InChI is InChI=1S/C37H37F2N11O5/c1-20-42-28-13-22(39)12-25-27-6-7-40-36(44-27)43-23-15-30(35(51)47(2)18-24(52-3)19-48(20)32(25)28)49(17-23)33-26-16-41-50-29-5-4-21(38)14-31(29)54-10-8-53-9-11-55-37(45-33)46-34(26)50/h4-7,12-14,16,23-24,30H,8-11,15,17-19H2,1-3H3,(H,40,43,44)/t23-,24-,30-/m0/s1. The van der Waals surface area contributed by atoms with Crippen molar-refractivity contribution in [2.75, 3.05) is 63.9 Å². The number of ether oxygens (including phenoxy) is 4. The van der Waals surface area contributed by atoms with E-state index in [1.807, 2.05) is 16.4 Å². The number of halogens is 2. The molecule has 9 rings (SSSR count). The summed E-state index contributed by atoms with van der Waals surface area (Å²) in [6, 6.07) is 7.79. The molecule has 284 valence electrons. The molecule has 1 fully saturated rings. The number of aromatic nitrogens is 8. The molecule has 1 N–H and O–H groups in total. The molecule has 16 nitrogen and oxygen atoms in total. The van der Waals surface area contributed by atoms with Crippen molar-refractivity contribution in [3.05, 3.63) is 66.3 Å². The third-order valence-corrected chi connectivity index (χ3v) is 10.2. The van der Waals surface area contributed by atoms with Crippen molar-refractivity contribution in [1.29, 1.82) is 0 Å². The molecule has 18 heteroatoms. The van der Waals surface area contributed by atoms with Crippen LogP contribution in [0.5, 0.6) is 11.8 Å². The molecule has 6 aromatic rings. The molecule has 2 aromatic carbocycles. The van der Waals surface area contributed by atoms with E-state index >= 15 is 4.39 Å². The zero-order valence-electron chi connectivity index (χ0n) is 30.3. The van der Waals surface area contributed by atoms with E-state index in [0.717, 1.165) is 0 Å². The number of aryl methyl sites for hydroxylation is 1. The van der Waals surface area contributed by atoms with Crippen LogP contribution in [-0.4, -0.2) is 122 Å². The average molecular weight is 754 g/mol. The quantitative estimate of drug-likeness (QED) is 0.274. The van der Waals surface area contributed by atoms with Crippen molar-refractivity contribution in [3.8, 4) is 28.7 Å². The predicted octanol–water partition coefficient (Wildman–Crippen LogP) is 3.54. The highest BCUT2D eigenvalue weighted by molar-refractivity contribution is 5.94. The van der Waals surface area contributed by atoms with Gasteiger partial charge in [-0.3, -0.25) is 4.79 Å². The number of benzene rings is 2. The first kappa shape index (κ1) is 34.7. The zero-order chi connectivity index (χ0) is 37.8. The molecule has 0 aliphatic carbocycles. The Kier molecular flexibility index (Phi) is 8.84. The van der Waals surface area contributed by atoms with Gasteiger partial charge in [0.1, 0.15) is 54.0 Å². The fraction of sp³-hybridized carbons (Fsp3) is 0.378. The Hall–Kier alpha value is -6.01. The first-order valence-corrected chi connectivity index (χ1v) is 17.9. The molecule has 6 bridgehead atoms. The molecule has 1 amide bonds. The van der Waals surface area contributed by atoms with E-state index in [1.54, 1.807) is 48.3 Å². The molecular weight excluding hydrogens is 716 g/mol. The molecule has 0 radical (unpaired) electrons. The van der Waals surface area contributed by atoms with Gasteiger partial charge in [0, 0.05) is 57.2 Å². The summed E-state index contributed by atoms with van der Waals surface area (Å²) >= 11 is 0. The zero-order valence-corrected chi connectivity index (χ0v) is 30.3. The summed E-state index contributed by atoms with van der Waals surface area (Å²) in [6.45, 7) is 3.58. The molecular formula is C37H37F2N11O5. The van der Waals surface area contributed by atoms with Crippen LogP contribution >= 0.6 is 0 Å². The van der Waals surface area contributed by atoms with Gasteiger partial charge in [0.05, 0.1) is 54.2 Å². The molecule has 3 atom stereocenters. The summed E-state index contributed by atoms with van der Waals surface area (Å²) in [5.41, 5.74) is 3.10. The number of rotatable bonds is 2. The van der Waals surface area contributed by atoms with Crippen molar-refractivity contribution in [3.63, 3.8) is 0 Å². The number of imidazole rings is 1. The number of anilines is 2. The van der Waals surface area contributed by atoms with Gasteiger partial charge in [0.25, 0.3) is 0 Å². The number of likely N-dealkylation sites (N-methyl/N-ethyl adjacent to an activating group) is 1. The predicted molar refractivity (Wildman–Crippen MR) is 195 cm³/mol. The Morgan fingerprint density at radius 1 is 0.945 bits per heavy atom. The van der Waals surface area contributed by atoms with Crippen LogP contribution in [0.2, 0.25) is 0 Å². The lowest BCUT2D eigenvalue weighted by molar-refractivity contribution is -0.132. The second-order valence-corrected chi connectivity index (χ2v) is 13.7. The third kappa shape index (κ3) is 6.39. The van der Waals surface area contributed by atoms with Gasteiger partial charge in [-0.05, 0) is 37.6 Å². The Morgan fingerprint density at radius 2 is 1.80 bits per heavy atom. The van der Waals surface area contributed by atoms with Gasteiger partial charge in [-0.2, -0.15) is 15.1 Å². The number of fused-ring (bicyclic) bond motifs is 8. The monoisotopic (exact) mass is 753 g/mol. The normalized spacial score (nSPS) is 20.5. The molecule has 0 unspecified atom stereocenters. The molecule has 4 aromatic heterocycles. The largest absolute Gasteiger partial charge is 0.489 e. The molecule has 7 heterocycles. The van der Waals surface area contributed by atoms with Gasteiger partial charge in [-0.15, -0.1) is 0 Å². The van der Waals surface area contributed by atoms with Crippen LogP contribution in [-0.2, 0) is 20.8 Å². The SMILES string of the molecule is CO[C@H]1CN(C)C(=O)[C@@H]2C[C@@H](CN2c2nc3nc4c2cnn4-c2ccc(F)cc2OCCOCCO3)Nc2nccc(n2)-c2cc(F)cc3nc(C)n(c23)C1. The maximum absolute atomic E-state index is 15.1. The smallest absolute Gasteiger partial charge is 0.320 e. The number of hydrogen-bond donors (Lipinski definition) is 1. The van der Waals surface area contributed by atoms with E-state index in [2.05, 4.69) is 20.4 Å². The summed E-state index contributed by atoms with van der Waals surface area (Å²) in [5.74, 6) is 0.583. The van der Waals surface area contributed by atoms with Crippen molar-refractivity contribution >= 4 is 39.7 Å². The van der Waals surface area contributed by atoms with E-state index < -0.39 is 23.8 Å². The first-order chi connectivity index (χ1) is 26.7. The second-order valence-electron chi connectivity index (χ2n) is 13.7. The second kappa shape index (κ2) is 14.0. The summed E-state index contributed by atoms with van der Waals surface area (Å²) in [7, 11) is 3.35. The van der Waals surface area contributed by atoms with Crippen LogP contribution in [0.4, 0.5) is 20.5 Å². The maximum Gasteiger partial charge on any atom is 0.320 e. The molecule has 55 heavy (non-hydrogen) atoms. The van der Waals surface area contributed by atoms with Gasteiger partial charge in [-0.1, -0.05) is 0 Å². The molecule has 0 spiro atoms. The van der Waals surface area contributed by atoms with Crippen LogP contribution in [0, 0.1) is 18.6 Å². The van der Waals surface area contributed by atoms with Gasteiger partial charge in [-0.25, -0.2) is 28.4 Å². The maximum atomic E-state index is 15.1. The average Bonchev–Trinajstić information content (AvgIpc) is 3.87. The fourth-order valence-corrected chi connectivity index (χ4v) is 7.62. The van der Waals surface area contributed by atoms with E-state index in [4.69, 9.17) is 33.9 Å². The number of carbonyl (C=O) groups is 1. The summed E-state index contributed by atoms with van der Waals surface area (Å²) in [6.07, 6.45) is 3.15. The van der Waals surface area contributed by atoms with Crippen molar-refractivity contribution < 1.29 is 32.5 Å². The highest BCUT2D eigenvalue weighted by Crippen LogP contribution is 2.36. The van der Waals surface area contributed by atoms with E-state index in [0.29, 0.717) is 76.1 Å². The van der Waals surface area contributed by atoms with Crippen LogP contribution in [0.25, 0.3) is 39.0 Å². The fourth-order valence-electron chi connectivity index (χ4n) is 7.62. The lowest BCUT2D eigenvalue weighted by Gasteiger charge is -2.31. The number of nitrogens with zero attached hydrogens (tertiary/aromatic N) is 10. The number of hydrogen-bond acceptors (Lipinski definition) is 13. The summed E-state index contributed by atoms with van der Waals surface area (Å²) in [5, 5.41) is 8.62. The Bertz CT molecular complexity index is 2440. The minimum absolute atomic E-state index is 0.0539. The Balaban J connectivity index is 1.16. The van der Waals surface area contributed by atoms with Gasteiger partial charge in [0.15, 0.2) is 5.65 Å². The number of amides is 1. The molecule has 0 saturated carbocycles. The minimum Gasteiger partial charge on any atom is -0.489 e. The highest BCUT2D eigenvalue weighted by atomic mass is 19.1. The topological polar surface area (TPSA) is 160 Å². The van der Waals surface area contributed by atoms with Gasteiger partial charge >= 0.3 is 6.01 Å². The van der Waals surface area contributed by atoms with E-state index in [1.165, 1.54) is 24.3 Å². The van der Waals surface area contributed by atoms with Crippen molar-refractivity contribution in [2.45, 2.75) is 38.1 Å². The number of methoxy groups -OCH3 is 1. The lowest BCUT2D eigenvalue weighted by atomic mass is 10.1.